The molecule has 1 aromatic rings. The Morgan fingerprint density at radius 1 is 1.15 bits per heavy atom. The highest BCUT2D eigenvalue weighted by Crippen LogP contribution is 2.65. The minimum absolute atomic E-state index is 0.0472. The summed E-state index contributed by atoms with van der Waals surface area (Å²) in [4.78, 5) is 45.4. The van der Waals surface area contributed by atoms with Crippen LogP contribution in [0.4, 0.5) is 5.69 Å². The van der Waals surface area contributed by atoms with Crippen molar-refractivity contribution >= 4 is 23.4 Å². The number of anilines is 1. The number of rotatable bonds is 11. The highest BCUT2D eigenvalue weighted by molar-refractivity contribution is 6.02. The fraction of sp³-hybridized carbons (Fsp3) is 0.690. The van der Waals surface area contributed by atoms with Crippen molar-refractivity contribution in [1.82, 2.24) is 15.1 Å². The van der Waals surface area contributed by atoms with E-state index >= 15 is 0 Å². The molecule has 0 saturated carbocycles. The zero-order valence-electron chi connectivity index (χ0n) is 23.7. The number of amides is 3. The molecular weight excluding hydrogens is 516 g/mol. The second-order valence-corrected chi connectivity index (χ2v) is 11.5. The lowest BCUT2D eigenvalue weighted by Gasteiger charge is -2.36. The van der Waals surface area contributed by atoms with Crippen molar-refractivity contribution in [3.05, 3.63) is 24.3 Å². The molecule has 3 amide bonds. The summed E-state index contributed by atoms with van der Waals surface area (Å²) in [5, 5.41) is 15.6. The van der Waals surface area contributed by atoms with Crippen LogP contribution < -0.4 is 15.4 Å². The number of aliphatic hydroxyl groups is 1. The van der Waals surface area contributed by atoms with Crippen LogP contribution in [0.25, 0.3) is 0 Å². The van der Waals surface area contributed by atoms with Crippen molar-refractivity contribution in [2.75, 3.05) is 64.5 Å². The van der Waals surface area contributed by atoms with E-state index in [4.69, 9.17) is 14.2 Å². The Balaban J connectivity index is 1.38. The molecule has 11 heteroatoms. The van der Waals surface area contributed by atoms with Crippen molar-refractivity contribution in [2.45, 2.75) is 50.9 Å². The van der Waals surface area contributed by atoms with Gasteiger partial charge in [0.05, 0.1) is 37.3 Å². The normalized spacial score (nSPS) is 33.2. The summed E-state index contributed by atoms with van der Waals surface area (Å²) in [5.41, 5.74) is -1.41. The Labute approximate surface area is 235 Å². The predicted molar refractivity (Wildman–Crippen MR) is 147 cm³/mol. The molecule has 0 aliphatic carbocycles. The average molecular weight is 559 g/mol. The van der Waals surface area contributed by atoms with Gasteiger partial charge < -0.3 is 34.9 Å². The van der Waals surface area contributed by atoms with Crippen molar-refractivity contribution in [2.24, 2.45) is 17.8 Å². The van der Waals surface area contributed by atoms with Crippen LogP contribution >= 0.6 is 0 Å². The van der Waals surface area contributed by atoms with Crippen molar-refractivity contribution in [3.63, 3.8) is 0 Å². The molecule has 1 spiro atoms. The zero-order chi connectivity index (χ0) is 28.5. The Morgan fingerprint density at radius 2 is 1.88 bits per heavy atom. The van der Waals surface area contributed by atoms with E-state index in [2.05, 4.69) is 15.5 Å². The maximum Gasteiger partial charge on any atom is 0.245 e. The van der Waals surface area contributed by atoms with Gasteiger partial charge in [0, 0.05) is 45.0 Å². The van der Waals surface area contributed by atoms with Gasteiger partial charge in [0.15, 0.2) is 0 Å². The number of hydrogen-bond acceptors (Lipinski definition) is 8. The van der Waals surface area contributed by atoms with E-state index in [1.165, 1.54) is 0 Å². The number of benzene rings is 1. The number of likely N-dealkylation sites (tertiary alicyclic amines) is 1. The van der Waals surface area contributed by atoms with Gasteiger partial charge in [0.1, 0.15) is 17.4 Å². The van der Waals surface area contributed by atoms with Gasteiger partial charge in [-0.3, -0.25) is 19.3 Å². The lowest BCUT2D eigenvalue weighted by atomic mass is 9.62. The monoisotopic (exact) mass is 558 g/mol. The van der Waals surface area contributed by atoms with Gasteiger partial charge in [-0.25, -0.2) is 0 Å². The molecule has 40 heavy (non-hydrogen) atoms. The van der Waals surface area contributed by atoms with Crippen LogP contribution in [0, 0.1) is 17.8 Å². The number of hydrogen-bond donors (Lipinski definition) is 3. The largest absolute Gasteiger partial charge is 0.494 e. The number of fused-ring (bicyclic) bond motifs is 1. The number of carbonyl (C=O) groups excluding carboxylic acids is 3. The third kappa shape index (κ3) is 4.97. The number of carbonyl (C=O) groups is 3. The second kappa shape index (κ2) is 11.6. The molecule has 4 heterocycles. The molecule has 0 aromatic heterocycles. The van der Waals surface area contributed by atoms with Crippen LogP contribution in [0.15, 0.2) is 24.3 Å². The summed E-state index contributed by atoms with van der Waals surface area (Å²) in [6.07, 6.45) is 0.839. The third-order valence-corrected chi connectivity index (χ3v) is 9.17. The Morgan fingerprint density at radius 3 is 2.55 bits per heavy atom. The van der Waals surface area contributed by atoms with Crippen LogP contribution in [-0.4, -0.2) is 109 Å². The molecule has 5 rings (SSSR count). The molecule has 4 aliphatic rings. The highest BCUT2D eigenvalue weighted by Gasteiger charge is 2.79. The smallest absolute Gasteiger partial charge is 0.245 e. The quantitative estimate of drug-likeness (QED) is 0.365. The lowest BCUT2D eigenvalue weighted by molar-refractivity contribution is -0.146. The summed E-state index contributed by atoms with van der Waals surface area (Å²) >= 11 is 0. The lowest BCUT2D eigenvalue weighted by Crippen LogP contribution is -2.56. The van der Waals surface area contributed by atoms with Gasteiger partial charge in [-0.05, 0) is 56.9 Å². The molecule has 11 nitrogen and oxygen atoms in total. The van der Waals surface area contributed by atoms with Crippen LogP contribution in [0.3, 0.4) is 0 Å². The maximum absolute atomic E-state index is 14.0. The van der Waals surface area contributed by atoms with Crippen molar-refractivity contribution in [3.8, 4) is 5.75 Å². The first kappa shape index (κ1) is 28.8. The summed E-state index contributed by atoms with van der Waals surface area (Å²) < 4.78 is 17.6. The Kier molecular flexibility index (Phi) is 8.37. The predicted octanol–water partition coefficient (Wildman–Crippen LogP) is 0.865. The molecule has 4 saturated heterocycles. The maximum atomic E-state index is 14.0. The van der Waals surface area contributed by atoms with E-state index in [1.54, 1.807) is 29.2 Å². The highest BCUT2D eigenvalue weighted by atomic mass is 16.5. The van der Waals surface area contributed by atoms with E-state index in [0.717, 1.165) is 13.1 Å². The van der Waals surface area contributed by atoms with Crippen LogP contribution in [0.2, 0.25) is 0 Å². The number of morpholine rings is 1. The Bertz CT molecular complexity index is 1090. The molecule has 1 aromatic carbocycles. The molecule has 3 unspecified atom stereocenters. The Hall–Kier alpha value is -2.73. The molecular formula is C29H42N4O7. The molecule has 3 N–H and O–H groups in total. The topological polar surface area (TPSA) is 130 Å². The first-order valence-corrected chi connectivity index (χ1v) is 14.5. The van der Waals surface area contributed by atoms with Crippen molar-refractivity contribution < 1.29 is 33.7 Å². The summed E-state index contributed by atoms with van der Waals surface area (Å²) in [7, 11) is 0. The van der Waals surface area contributed by atoms with E-state index in [1.807, 2.05) is 20.8 Å². The van der Waals surface area contributed by atoms with E-state index < -0.39 is 29.1 Å². The molecule has 4 fully saturated rings. The third-order valence-electron chi connectivity index (χ3n) is 9.17. The fourth-order valence-corrected chi connectivity index (χ4v) is 7.20. The van der Waals surface area contributed by atoms with Gasteiger partial charge in [-0.15, -0.1) is 0 Å². The second-order valence-electron chi connectivity index (χ2n) is 11.5. The van der Waals surface area contributed by atoms with E-state index in [-0.39, 0.29) is 36.8 Å². The zero-order valence-corrected chi connectivity index (χ0v) is 23.7. The van der Waals surface area contributed by atoms with Crippen LogP contribution in [0.5, 0.6) is 5.75 Å². The fourth-order valence-electron chi connectivity index (χ4n) is 7.20. The molecule has 220 valence electrons. The number of nitrogens with zero attached hydrogens (tertiary/aromatic N) is 2. The summed E-state index contributed by atoms with van der Waals surface area (Å²) in [5.74, 6) is -1.72. The van der Waals surface area contributed by atoms with E-state index in [9.17, 15) is 19.5 Å². The van der Waals surface area contributed by atoms with Gasteiger partial charge in [0.2, 0.25) is 17.7 Å². The van der Waals surface area contributed by atoms with Gasteiger partial charge in [0.25, 0.3) is 0 Å². The SMILES string of the molecule is CCOc1ccc(NC(=O)[C@H]2[C@H]3C(=O)N(CCCO)C(C(=O)NCCN4CCOCC4)C34CC(C)[C@]2(C)O4)cc1. The van der Waals surface area contributed by atoms with E-state index in [0.29, 0.717) is 57.2 Å². The van der Waals surface area contributed by atoms with Gasteiger partial charge >= 0.3 is 0 Å². The standard InChI is InChI=1S/C29H42N4O7/c1-4-39-21-8-6-20(7-9-21)31-25(35)22-23-27(37)33(11-5-15-34)24(29(23)18-19(2)28(22,3)40-29)26(36)30-10-12-32-13-16-38-17-14-32/h6-9,19,22-24,34H,4-5,10-18H2,1-3H3,(H,30,36)(H,31,35)/t19?,22-,23+,24?,28+,29?/m1/s1. The first-order chi connectivity index (χ1) is 19.2. The molecule has 6 atom stereocenters. The van der Waals surface area contributed by atoms with Crippen molar-refractivity contribution in [1.29, 1.82) is 0 Å². The molecule has 2 bridgehead atoms. The minimum Gasteiger partial charge on any atom is -0.494 e. The minimum atomic E-state index is -1.11. The molecule has 4 aliphatic heterocycles. The van der Waals surface area contributed by atoms with Crippen LogP contribution in [0.1, 0.15) is 33.6 Å². The summed E-state index contributed by atoms with van der Waals surface area (Å²) in [6, 6.07) is 6.25. The van der Waals surface area contributed by atoms with Gasteiger partial charge in [-0.1, -0.05) is 6.92 Å². The van der Waals surface area contributed by atoms with Gasteiger partial charge in [-0.2, -0.15) is 0 Å². The number of ether oxygens (including phenoxy) is 3. The summed E-state index contributed by atoms with van der Waals surface area (Å²) in [6.45, 7) is 10.6. The van der Waals surface area contributed by atoms with Crippen LogP contribution in [-0.2, 0) is 23.9 Å². The first-order valence-electron chi connectivity index (χ1n) is 14.5. The molecule has 0 radical (unpaired) electrons. The number of nitrogens with one attached hydrogen (secondary N) is 2. The average Bonchev–Trinajstić information content (AvgIpc) is 3.45. The number of aliphatic hydroxyl groups excluding tert-OH is 1.